The number of tetrazole rings is 1. The molecular weight excluding hydrogens is 392 g/mol. The number of aromatic nitrogens is 4. The number of amides is 1. The highest BCUT2D eigenvalue weighted by molar-refractivity contribution is 7.89. The number of anilines is 1. The molecule has 152 valence electrons. The number of rotatable bonds is 6. The summed E-state index contributed by atoms with van der Waals surface area (Å²) in [5.74, 6) is -0.344. The Hall–Kier alpha value is -3.11. The van der Waals surface area contributed by atoms with Gasteiger partial charge in [-0.25, -0.2) is 13.1 Å². The molecule has 0 aliphatic rings. The molecule has 0 aliphatic heterocycles. The van der Waals surface area contributed by atoms with Gasteiger partial charge < -0.3 is 5.32 Å². The normalized spacial score (nSPS) is 11.8. The summed E-state index contributed by atoms with van der Waals surface area (Å²) in [5, 5.41) is 13.9. The standard InChI is InChI=1S/C19H22N6O3S/c1-13(2)24(4)29(27,28)17-9-6-15(7-10-17)19(26)21-18-11-16(8-5-14(18)3)25-12-20-22-23-25/h5-13H,1-4H3,(H,21,26). The second kappa shape index (κ2) is 8.10. The van der Waals surface area contributed by atoms with Gasteiger partial charge >= 0.3 is 0 Å². The van der Waals surface area contributed by atoms with E-state index in [9.17, 15) is 13.2 Å². The minimum absolute atomic E-state index is 0.141. The van der Waals surface area contributed by atoms with Gasteiger partial charge in [-0.3, -0.25) is 4.79 Å². The zero-order valence-electron chi connectivity index (χ0n) is 16.6. The summed E-state index contributed by atoms with van der Waals surface area (Å²) in [6.07, 6.45) is 1.46. The molecule has 0 saturated carbocycles. The summed E-state index contributed by atoms with van der Waals surface area (Å²) in [7, 11) is -2.07. The van der Waals surface area contributed by atoms with Gasteiger partial charge in [0.25, 0.3) is 5.91 Å². The number of nitrogens with one attached hydrogen (secondary N) is 1. The van der Waals surface area contributed by atoms with Gasteiger partial charge in [-0.1, -0.05) is 6.07 Å². The van der Waals surface area contributed by atoms with Crippen molar-refractivity contribution in [3.63, 3.8) is 0 Å². The summed E-state index contributed by atoms with van der Waals surface area (Å²) in [5.41, 5.74) is 2.53. The van der Waals surface area contributed by atoms with Gasteiger partial charge in [-0.15, -0.1) is 5.10 Å². The molecule has 10 heteroatoms. The van der Waals surface area contributed by atoms with Crippen molar-refractivity contribution < 1.29 is 13.2 Å². The molecule has 0 unspecified atom stereocenters. The van der Waals surface area contributed by atoms with Crippen LogP contribution in [0.25, 0.3) is 5.69 Å². The predicted octanol–water partition coefficient (Wildman–Crippen LogP) is 2.25. The van der Waals surface area contributed by atoms with Crippen LogP contribution in [0.3, 0.4) is 0 Å². The van der Waals surface area contributed by atoms with E-state index in [2.05, 4.69) is 20.8 Å². The fourth-order valence-electron chi connectivity index (χ4n) is 2.58. The summed E-state index contributed by atoms with van der Waals surface area (Å²) in [6.45, 7) is 5.47. The molecule has 0 atom stereocenters. The molecule has 0 bridgehead atoms. The molecule has 0 aliphatic carbocycles. The number of benzene rings is 2. The Morgan fingerprint density at radius 2 is 1.83 bits per heavy atom. The molecule has 9 nitrogen and oxygen atoms in total. The van der Waals surface area contributed by atoms with E-state index in [1.807, 2.05) is 19.1 Å². The quantitative estimate of drug-likeness (QED) is 0.662. The van der Waals surface area contributed by atoms with Crippen molar-refractivity contribution in [3.8, 4) is 5.69 Å². The molecule has 1 aromatic heterocycles. The number of aryl methyl sites for hydroxylation is 1. The van der Waals surface area contributed by atoms with Crippen molar-refractivity contribution in [1.29, 1.82) is 0 Å². The van der Waals surface area contributed by atoms with Crippen molar-refractivity contribution in [1.82, 2.24) is 24.5 Å². The fourth-order valence-corrected chi connectivity index (χ4v) is 3.95. The van der Waals surface area contributed by atoms with Crippen LogP contribution in [0.5, 0.6) is 0 Å². The summed E-state index contributed by atoms with van der Waals surface area (Å²) in [4.78, 5) is 12.8. The van der Waals surface area contributed by atoms with Crippen molar-refractivity contribution >= 4 is 21.6 Å². The lowest BCUT2D eigenvalue weighted by Crippen LogP contribution is -2.33. The van der Waals surface area contributed by atoms with Crippen molar-refractivity contribution in [2.45, 2.75) is 31.7 Å². The first-order valence-electron chi connectivity index (χ1n) is 8.93. The predicted molar refractivity (Wildman–Crippen MR) is 108 cm³/mol. The molecule has 1 heterocycles. The van der Waals surface area contributed by atoms with Crippen LogP contribution >= 0.6 is 0 Å². The molecule has 3 aromatic rings. The lowest BCUT2D eigenvalue weighted by atomic mass is 10.1. The number of carbonyl (C=O) groups is 1. The first-order chi connectivity index (χ1) is 13.7. The second-order valence-electron chi connectivity index (χ2n) is 6.85. The van der Waals surface area contributed by atoms with Crippen LogP contribution in [0.4, 0.5) is 5.69 Å². The van der Waals surface area contributed by atoms with E-state index in [1.165, 1.54) is 46.6 Å². The highest BCUT2D eigenvalue weighted by atomic mass is 32.2. The van der Waals surface area contributed by atoms with Gasteiger partial charge in [-0.05, 0) is 73.2 Å². The third-order valence-corrected chi connectivity index (χ3v) is 6.65. The van der Waals surface area contributed by atoms with Crippen LogP contribution in [-0.2, 0) is 10.0 Å². The maximum absolute atomic E-state index is 12.6. The molecule has 1 amide bonds. The lowest BCUT2D eigenvalue weighted by molar-refractivity contribution is 0.102. The highest BCUT2D eigenvalue weighted by Gasteiger charge is 2.23. The Balaban J connectivity index is 1.81. The van der Waals surface area contributed by atoms with E-state index in [0.29, 0.717) is 16.9 Å². The van der Waals surface area contributed by atoms with Crippen molar-refractivity contribution in [2.75, 3.05) is 12.4 Å². The molecule has 0 saturated heterocycles. The summed E-state index contributed by atoms with van der Waals surface area (Å²) in [6, 6.07) is 11.2. The number of carbonyl (C=O) groups excluding carboxylic acids is 1. The van der Waals surface area contributed by atoms with Gasteiger partial charge in [0.05, 0.1) is 10.6 Å². The summed E-state index contributed by atoms with van der Waals surface area (Å²) < 4.78 is 27.9. The maximum Gasteiger partial charge on any atom is 0.255 e. The molecule has 0 fully saturated rings. The van der Waals surface area contributed by atoms with E-state index in [-0.39, 0.29) is 16.8 Å². The first-order valence-corrected chi connectivity index (χ1v) is 10.4. The average Bonchev–Trinajstić information content (AvgIpc) is 3.23. The smallest absolute Gasteiger partial charge is 0.255 e. The van der Waals surface area contributed by atoms with Crippen LogP contribution in [0.15, 0.2) is 53.7 Å². The Morgan fingerprint density at radius 1 is 1.14 bits per heavy atom. The van der Waals surface area contributed by atoms with Crippen LogP contribution in [0.1, 0.15) is 29.8 Å². The van der Waals surface area contributed by atoms with Gasteiger partial charge in [0.2, 0.25) is 10.0 Å². The molecule has 2 aromatic carbocycles. The zero-order chi connectivity index (χ0) is 21.2. The Morgan fingerprint density at radius 3 is 2.41 bits per heavy atom. The topological polar surface area (TPSA) is 110 Å². The van der Waals surface area contributed by atoms with Crippen molar-refractivity contribution in [2.24, 2.45) is 0 Å². The molecular formula is C19H22N6O3S. The molecule has 0 spiro atoms. The Kier molecular flexibility index (Phi) is 5.76. The van der Waals surface area contributed by atoms with Crippen LogP contribution in [0.2, 0.25) is 0 Å². The van der Waals surface area contributed by atoms with Gasteiger partial charge in [0.15, 0.2) is 0 Å². The van der Waals surface area contributed by atoms with E-state index in [4.69, 9.17) is 0 Å². The van der Waals surface area contributed by atoms with Crippen LogP contribution in [-0.4, -0.2) is 51.9 Å². The van der Waals surface area contributed by atoms with Crippen molar-refractivity contribution in [3.05, 3.63) is 59.9 Å². The monoisotopic (exact) mass is 414 g/mol. The van der Waals surface area contributed by atoms with Gasteiger partial charge in [-0.2, -0.15) is 4.31 Å². The third-order valence-electron chi connectivity index (χ3n) is 4.60. The van der Waals surface area contributed by atoms with Crippen LogP contribution in [0, 0.1) is 6.92 Å². The fraction of sp³-hybridized carbons (Fsp3) is 0.263. The van der Waals surface area contributed by atoms with E-state index >= 15 is 0 Å². The third kappa shape index (κ3) is 4.33. The van der Waals surface area contributed by atoms with Gasteiger partial charge in [0, 0.05) is 24.3 Å². The number of sulfonamides is 1. The van der Waals surface area contributed by atoms with E-state index < -0.39 is 10.0 Å². The molecule has 29 heavy (non-hydrogen) atoms. The Bertz CT molecular complexity index is 1110. The summed E-state index contributed by atoms with van der Waals surface area (Å²) >= 11 is 0. The van der Waals surface area contributed by atoms with E-state index in [1.54, 1.807) is 19.9 Å². The SMILES string of the molecule is Cc1ccc(-n2cnnn2)cc1NC(=O)c1ccc(S(=O)(=O)N(C)C(C)C)cc1. The first kappa shape index (κ1) is 20.6. The van der Waals surface area contributed by atoms with E-state index in [0.717, 1.165) is 5.56 Å². The number of nitrogens with zero attached hydrogens (tertiary/aromatic N) is 5. The van der Waals surface area contributed by atoms with Gasteiger partial charge in [0.1, 0.15) is 6.33 Å². The lowest BCUT2D eigenvalue weighted by Gasteiger charge is -2.21. The zero-order valence-corrected chi connectivity index (χ0v) is 17.4. The molecule has 1 N–H and O–H groups in total. The molecule has 0 radical (unpaired) electrons. The average molecular weight is 414 g/mol. The minimum Gasteiger partial charge on any atom is -0.322 e. The van der Waals surface area contributed by atoms with Crippen LogP contribution < -0.4 is 5.32 Å². The Labute approximate surface area is 169 Å². The largest absolute Gasteiger partial charge is 0.322 e. The number of hydrogen-bond donors (Lipinski definition) is 1. The number of hydrogen-bond acceptors (Lipinski definition) is 6. The molecule has 3 rings (SSSR count). The minimum atomic E-state index is -3.60. The second-order valence-corrected chi connectivity index (χ2v) is 8.84. The maximum atomic E-state index is 12.6. The highest BCUT2D eigenvalue weighted by Crippen LogP contribution is 2.21.